The molecule has 7 heteroatoms. The fourth-order valence-corrected chi connectivity index (χ4v) is 2.60. The number of nitrogens with zero attached hydrogens (tertiary/aromatic N) is 3. The first-order valence-corrected chi connectivity index (χ1v) is 7.70. The number of H-pyrrole nitrogens is 1. The third kappa shape index (κ3) is 2.94. The van der Waals surface area contributed by atoms with E-state index in [1.54, 1.807) is 35.3 Å². The minimum Gasteiger partial charge on any atom is -0.463 e. The maximum absolute atomic E-state index is 12.4. The first-order chi connectivity index (χ1) is 12.2. The van der Waals surface area contributed by atoms with Crippen molar-refractivity contribution in [3.05, 3.63) is 66.7 Å². The van der Waals surface area contributed by atoms with Crippen molar-refractivity contribution in [2.75, 3.05) is 5.32 Å². The zero-order valence-electron chi connectivity index (χ0n) is 13.4. The maximum atomic E-state index is 12.4. The highest BCUT2D eigenvalue weighted by atomic mass is 16.3. The van der Waals surface area contributed by atoms with Gasteiger partial charge in [-0.3, -0.25) is 14.6 Å². The number of benzene rings is 1. The summed E-state index contributed by atoms with van der Waals surface area (Å²) in [5, 5.41) is 13.9. The van der Waals surface area contributed by atoms with E-state index in [4.69, 9.17) is 4.42 Å². The third-order valence-corrected chi connectivity index (χ3v) is 3.83. The number of amides is 1. The number of aromatic nitrogens is 4. The number of carbonyl (C=O) groups is 1. The van der Waals surface area contributed by atoms with Crippen LogP contribution in [0.5, 0.6) is 0 Å². The average Bonchev–Trinajstić information content (AvgIpc) is 3.36. The lowest BCUT2D eigenvalue weighted by Crippen LogP contribution is -2.12. The van der Waals surface area contributed by atoms with Crippen molar-refractivity contribution in [2.45, 2.75) is 0 Å². The number of furan rings is 1. The van der Waals surface area contributed by atoms with Gasteiger partial charge in [0.25, 0.3) is 5.91 Å². The van der Waals surface area contributed by atoms with Gasteiger partial charge in [0, 0.05) is 30.6 Å². The van der Waals surface area contributed by atoms with Crippen LogP contribution in [0.4, 0.5) is 5.69 Å². The van der Waals surface area contributed by atoms with Gasteiger partial charge >= 0.3 is 0 Å². The lowest BCUT2D eigenvalue weighted by molar-refractivity contribution is 0.102. The number of anilines is 1. The maximum Gasteiger partial charge on any atom is 0.276 e. The van der Waals surface area contributed by atoms with Gasteiger partial charge in [0.2, 0.25) is 0 Å². The van der Waals surface area contributed by atoms with E-state index in [0.717, 1.165) is 11.3 Å². The molecule has 0 bridgehead atoms. The Morgan fingerprint density at radius 3 is 2.88 bits per heavy atom. The molecule has 3 aromatic heterocycles. The van der Waals surface area contributed by atoms with E-state index in [1.165, 1.54) is 0 Å². The van der Waals surface area contributed by atoms with Gasteiger partial charge in [0.15, 0.2) is 11.5 Å². The van der Waals surface area contributed by atoms with Crippen molar-refractivity contribution in [2.24, 2.45) is 7.05 Å². The lowest BCUT2D eigenvalue weighted by atomic mass is 10.1. The zero-order chi connectivity index (χ0) is 17.2. The first kappa shape index (κ1) is 14.9. The predicted octanol–water partition coefficient (Wildman–Crippen LogP) is 3.32. The summed E-state index contributed by atoms with van der Waals surface area (Å²) < 4.78 is 7.07. The van der Waals surface area contributed by atoms with Gasteiger partial charge in [-0.05, 0) is 30.3 Å². The monoisotopic (exact) mass is 333 g/mol. The van der Waals surface area contributed by atoms with Crippen LogP contribution in [0, 0.1) is 0 Å². The molecular formula is C18H15N5O2. The highest BCUT2D eigenvalue weighted by molar-refractivity contribution is 6.03. The second-order valence-corrected chi connectivity index (χ2v) is 5.52. The van der Waals surface area contributed by atoms with E-state index in [2.05, 4.69) is 20.6 Å². The molecule has 0 saturated carbocycles. The molecule has 0 atom stereocenters. The average molecular weight is 333 g/mol. The Morgan fingerprint density at radius 2 is 2.12 bits per heavy atom. The fourth-order valence-electron chi connectivity index (χ4n) is 2.60. The number of aromatic amines is 1. The Morgan fingerprint density at radius 1 is 1.20 bits per heavy atom. The summed E-state index contributed by atoms with van der Waals surface area (Å²) in [5.74, 6) is 0.334. The number of carbonyl (C=O) groups excluding carboxylic acids is 1. The molecule has 124 valence electrons. The second kappa shape index (κ2) is 6.12. The largest absolute Gasteiger partial charge is 0.463 e. The lowest BCUT2D eigenvalue weighted by Gasteiger charge is -2.06. The molecule has 4 aromatic rings. The molecule has 1 amide bonds. The molecular weight excluding hydrogens is 318 g/mol. The molecule has 0 aliphatic heterocycles. The summed E-state index contributed by atoms with van der Waals surface area (Å²) in [4.78, 5) is 12.4. The third-order valence-electron chi connectivity index (χ3n) is 3.83. The Balaban J connectivity index is 1.54. The zero-order valence-corrected chi connectivity index (χ0v) is 13.4. The van der Waals surface area contributed by atoms with Gasteiger partial charge in [-0.15, -0.1) is 0 Å². The number of aryl methyl sites for hydroxylation is 1. The summed E-state index contributed by atoms with van der Waals surface area (Å²) >= 11 is 0. The minimum absolute atomic E-state index is 0.289. The number of hydrogen-bond donors (Lipinski definition) is 2. The van der Waals surface area contributed by atoms with Crippen molar-refractivity contribution in [3.63, 3.8) is 0 Å². The van der Waals surface area contributed by atoms with Crippen LogP contribution in [-0.2, 0) is 7.05 Å². The van der Waals surface area contributed by atoms with Gasteiger partial charge in [-0.1, -0.05) is 12.1 Å². The minimum atomic E-state index is -0.295. The van der Waals surface area contributed by atoms with Gasteiger partial charge in [-0.2, -0.15) is 10.2 Å². The molecule has 0 aliphatic rings. The van der Waals surface area contributed by atoms with Crippen molar-refractivity contribution >= 4 is 11.6 Å². The van der Waals surface area contributed by atoms with Crippen molar-refractivity contribution in [3.8, 4) is 22.7 Å². The number of hydrogen-bond acceptors (Lipinski definition) is 4. The summed E-state index contributed by atoms with van der Waals surface area (Å²) in [6, 6.07) is 14.7. The standard InChI is InChI=1S/C18H15N5O2/c1-23-16(7-8-19-23)12-4-2-5-13(10-12)20-18(24)15-11-14(21-22-15)17-6-3-9-25-17/h2-11H,1H3,(H,20,24)(H,21,22). The summed E-state index contributed by atoms with van der Waals surface area (Å²) in [6.07, 6.45) is 3.31. The molecule has 0 fully saturated rings. The molecule has 25 heavy (non-hydrogen) atoms. The van der Waals surface area contributed by atoms with Crippen LogP contribution >= 0.6 is 0 Å². The molecule has 7 nitrogen and oxygen atoms in total. The Kier molecular flexibility index (Phi) is 3.66. The van der Waals surface area contributed by atoms with Crippen LogP contribution < -0.4 is 5.32 Å². The Hall–Kier alpha value is -3.61. The SMILES string of the molecule is Cn1nccc1-c1cccc(NC(=O)c2cc(-c3ccco3)[nH]n2)c1. The second-order valence-electron chi connectivity index (χ2n) is 5.52. The van der Waals surface area contributed by atoms with Gasteiger partial charge < -0.3 is 9.73 Å². The van der Waals surface area contributed by atoms with E-state index in [1.807, 2.05) is 37.4 Å². The molecule has 0 aliphatic carbocycles. The molecule has 0 radical (unpaired) electrons. The van der Waals surface area contributed by atoms with Crippen LogP contribution in [0.2, 0.25) is 0 Å². The predicted molar refractivity (Wildman–Crippen MR) is 92.9 cm³/mol. The van der Waals surface area contributed by atoms with Crippen LogP contribution in [0.15, 0.2) is 65.4 Å². The summed E-state index contributed by atoms with van der Waals surface area (Å²) in [7, 11) is 1.88. The topological polar surface area (TPSA) is 88.7 Å². The number of rotatable bonds is 4. The normalized spacial score (nSPS) is 10.8. The van der Waals surface area contributed by atoms with Gasteiger partial charge in [0.05, 0.1) is 12.0 Å². The summed E-state index contributed by atoms with van der Waals surface area (Å²) in [6.45, 7) is 0. The molecule has 0 spiro atoms. The van der Waals surface area contributed by atoms with Crippen LogP contribution in [-0.4, -0.2) is 25.9 Å². The van der Waals surface area contributed by atoms with Crippen molar-refractivity contribution < 1.29 is 9.21 Å². The van der Waals surface area contributed by atoms with E-state index < -0.39 is 0 Å². The Labute approximate surface area is 143 Å². The van der Waals surface area contributed by atoms with Gasteiger partial charge in [-0.25, -0.2) is 0 Å². The quantitative estimate of drug-likeness (QED) is 0.599. The number of nitrogens with one attached hydrogen (secondary N) is 2. The molecule has 2 N–H and O–H groups in total. The molecule has 3 heterocycles. The molecule has 0 saturated heterocycles. The summed E-state index contributed by atoms with van der Waals surface area (Å²) in [5.41, 5.74) is 3.56. The highest BCUT2D eigenvalue weighted by Crippen LogP contribution is 2.23. The van der Waals surface area contributed by atoms with E-state index in [-0.39, 0.29) is 11.6 Å². The van der Waals surface area contributed by atoms with Crippen LogP contribution in [0.3, 0.4) is 0 Å². The van der Waals surface area contributed by atoms with Crippen molar-refractivity contribution in [1.82, 2.24) is 20.0 Å². The molecule has 4 rings (SSSR count). The molecule has 0 unspecified atom stereocenters. The van der Waals surface area contributed by atoms with Gasteiger partial charge in [0.1, 0.15) is 5.69 Å². The molecule has 1 aromatic carbocycles. The Bertz CT molecular complexity index is 1010. The van der Waals surface area contributed by atoms with Crippen molar-refractivity contribution in [1.29, 1.82) is 0 Å². The van der Waals surface area contributed by atoms with E-state index in [9.17, 15) is 4.79 Å². The van der Waals surface area contributed by atoms with Crippen LogP contribution in [0.1, 0.15) is 10.5 Å². The fraction of sp³-hybridized carbons (Fsp3) is 0.0556. The first-order valence-electron chi connectivity index (χ1n) is 7.70. The van der Waals surface area contributed by atoms with E-state index >= 15 is 0 Å². The highest BCUT2D eigenvalue weighted by Gasteiger charge is 2.13. The van der Waals surface area contributed by atoms with E-state index in [0.29, 0.717) is 17.1 Å². The van der Waals surface area contributed by atoms with Crippen LogP contribution in [0.25, 0.3) is 22.7 Å². The smallest absolute Gasteiger partial charge is 0.276 e.